The topological polar surface area (TPSA) is 65.1 Å². The SMILES string of the molecule is CC(C)c1cc(C(=O)N(Cc2cccnc2)C[C@@H]2CCCN(C3CCCCC3)C2)n[nH]1. The molecule has 0 radical (unpaired) electrons. The number of likely N-dealkylation sites (tertiary alicyclic amines) is 1. The molecule has 1 saturated heterocycles. The summed E-state index contributed by atoms with van der Waals surface area (Å²) in [4.78, 5) is 22.4. The lowest BCUT2D eigenvalue weighted by Crippen LogP contribution is -2.47. The van der Waals surface area contributed by atoms with E-state index < -0.39 is 0 Å². The van der Waals surface area contributed by atoms with Crippen LogP contribution in [0, 0.1) is 5.92 Å². The maximum absolute atomic E-state index is 13.5. The van der Waals surface area contributed by atoms with E-state index in [4.69, 9.17) is 0 Å². The van der Waals surface area contributed by atoms with Gasteiger partial charge in [0.15, 0.2) is 0 Å². The summed E-state index contributed by atoms with van der Waals surface area (Å²) in [6.45, 7) is 7.90. The second-order valence-electron chi connectivity index (χ2n) is 9.71. The predicted molar refractivity (Wildman–Crippen MR) is 123 cm³/mol. The van der Waals surface area contributed by atoms with Gasteiger partial charge in [-0.1, -0.05) is 39.2 Å². The highest BCUT2D eigenvalue weighted by Crippen LogP contribution is 2.28. The van der Waals surface area contributed by atoms with Gasteiger partial charge in [-0.2, -0.15) is 5.10 Å². The first-order chi connectivity index (χ1) is 15.1. The Bertz CT molecular complexity index is 827. The molecule has 0 bridgehead atoms. The molecule has 0 spiro atoms. The van der Waals surface area contributed by atoms with Gasteiger partial charge in [-0.3, -0.25) is 14.9 Å². The number of carbonyl (C=O) groups excluding carboxylic acids is 1. The number of hydrogen-bond acceptors (Lipinski definition) is 4. The van der Waals surface area contributed by atoms with Gasteiger partial charge in [0, 0.05) is 43.8 Å². The molecule has 3 heterocycles. The van der Waals surface area contributed by atoms with Crippen LogP contribution in [-0.2, 0) is 6.54 Å². The van der Waals surface area contributed by atoms with Crippen LogP contribution in [0.5, 0.6) is 0 Å². The van der Waals surface area contributed by atoms with Gasteiger partial charge in [0.25, 0.3) is 5.91 Å². The van der Waals surface area contributed by atoms with Crippen LogP contribution in [0.3, 0.4) is 0 Å². The molecule has 168 valence electrons. The maximum Gasteiger partial charge on any atom is 0.274 e. The summed E-state index contributed by atoms with van der Waals surface area (Å²) in [6, 6.07) is 6.65. The highest BCUT2D eigenvalue weighted by atomic mass is 16.2. The summed E-state index contributed by atoms with van der Waals surface area (Å²) in [5.41, 5.74) is 2.59. The summed E-state index contributed by atoms with van der Waals surface area (Å²) < 4.78 is 0. The molecule has 1 saturated carbocycles. The van der Waals surface area contributed by atoms with Crippen molar-refractivity contribution in [3.63, 3.8) is 0 Å². The molecule has 1 N–H and O–H groups in total. The molecule has 0 unspecified atom stereocenters. The van der Waals surface area contributed by atoms with Crippen molar-refractivity contribution >= 4 is 5.91 Å². The molecule has 4 rings (SSSR count). The second-order valence-corrected chi connectivity index (χ2v) is 9.71. The third-order valence-electron chi connectivity index (χ3n) is 6.94. The van der Waals surface area contributed by atoms with Crippen LogP contribution in [-0.4, -0.2) is 56.6 Å². The number of nitrogens with zero attached hydrogens (tertiary/aromatic N) is 4. The monoisotopic (exact) mass is 423 g/mol. The highest BCUT2D eigenvalue weighted by Gasteiger charge is 2.30. The molecule has 2 aromatic rings. The van der Waals surface area contributed by atoms with E-state index in [0.717, 1.165) is 30.4 Å². The normalized spacial score (nSPS) is 20.8. The van der Waals surface area contributed by atoms with Crippen LogP contribution in [0.2, 0.25) is 0 Å². The number of amides is 1. The Hall–Kier alpha value is -2.21. The minimum atomic E-state index is 0.0155. The molecule has 1 aliphatic carbocycles. The number of hydrogen-bond donors (Lipinski definition) is 1. The zero-order valence-electron chi connectivity index (χ0n) is 19.1. The Kier molecular flexibility index (Phi) is 7.38. The van der Waals surface area contributed by atoms with Gasteiger partial charge in [-0.15, -0.1) is 0 Å². The number of aromatic amines is 1. The fourth-order valence-corrected chi connectivity index (χ4v) is 5.17. The molecule has 0 aromatic carbocycles. The van der Waals surface area contributed by atoms with E-state index in [-0.39, 0.29) is 5.91 Å². The van der Waals surface area contributed by atoms with Gasteiger partial charge in [-0.05, 0) is 61.8 Å². The first-order valence-corrected chi connectivity index (χ1v) is 12.1. The van der Waals surface area contributed by atoms with Crippen molar-refractivity contribution in [1.29, 1.82) is 0 Å². The molecule has 2 aromatic heterocycles. The molecule has 1 aliphatic heterocycles. The van der Waals surface area contributed by atoms with Crippen LogP contribution < -0.4 is 0 Å². The highest BCUT2D eigenvalue weighted by molar-refractivity contribution is 5.92. The molecular formula is C25H37N5O. The molecule has 1 atom stereocenters. The molecule has 1 amide bonds. The number of carbonyl (C=O) groups is 1. The van der Waals surface area contributed by atoms with Crippen LogP contribution in [0.25, 0.3) is 0 Å². The van der Waals surface area contributed by atoms with Crippen LogP contribution >= 0.6 is 0 Å². The third-order valence-corrected chi connectivity index (χ3v) is 6.94. The Labute approximate surface area is 186 Å². The summed E-state index contributed by atoms with van der Waals surface area (Å²) in [7, 11) is 0. The predicted octanol–water partition coefficient (Wildman–Crippen LogP) is 4.62. The number of rotatable bonds is 7. The number of nitrogens with one attached hydrogen (secondary N) is 1. The first kappa shape index (κ1) is 22.0. The third kappa shape index (κ3) is 5.73. The number of piperidine rings is 1. The number of pyridine rings is 1. The molecule has 6 nitrogen and oxygen atoms in total. The zero-order chi connectivity index (χ0) is 21.6. The molecular weight excluding hydrogens is 386 g/mol. The largest absolute Gasteiger partial charge is 0.333 e. The standard InChI is InChI=1S/C25H37N5O/c1-19(2)23-14-24(28-27-23)25(31)30(16-20-8-6-12-26-15-20)18-21-9-7-13-29(17-21)22-10-4-3-5-11-22/h6,8,12,14-15,19,21-22H,3-5,7,9-11,13,16-18H2,1-2H3,(H,27,28)/t21-/m1/s1. The van der Waals surface area contributed by atoms with Crippen molar-refractivity contribution in [1.82, 2.24) is 25.0 Å². The van der Waals surface area contributed by atoms with Gasteiger partial charge < -0.3 is 9.80 Å². The second kappa shape index (κ2) is 10.4. The summed E-state index contributed by atoms with van der Waals surface area (Å²) in [5, 5.41) is 7.38. The lowest BCUT2D eigenvalue weighted by atomic mass is 9.90. The average molecular weight is 424 g/mol. The number of aromatic nitrogens is 3. The lowest BCUT2D eigenvalue weighted by molar-refractivity contribution is 0.0579. The van der Waals surface area contributed by atoms with Gasteiger partial charge in [-0.25, -0.2) is 0 Å². The van der Waals surface area contributed by atoms with Crippen LogP contribution in [0.4, 0.5) is 0 Å². The van der Waals surface area contributed by atoms with E-state index >= 15 is 0 Å². The first-order valence-electron chi connectivity index (χ1n) is 12.1. The molecule has 31 heavy (non-hydrogen) atoms. The maximum atomic E-state index is 13.5. The van der Waals surface area contributed by atoms with Crippen molar-refractivity contribution in [3.8, 4) is 0 Å². The van der Waals surface area contributed by atoms with Crippen molar-refractivity contribution in [2.24, 2.45) is 5.92 Å². The van der Waals surface area contributed by atoms with E-state index in [1.54, 1.807) is 6.20 Å². The van der Waals surface area contributed by atoms with Gasteiger partial charge in [0.05, 0.1) is 0 Å². The fraction of sp³-hybridized carbons (Fsp3) is 0.640. The lowest BCUT2D eigenvalue weighted by Gasteiger charge is -2.41. The Morgan fingerprint density at radius 2 is 2.06 bits per heavy atom. The smallest absolute Gasteiger partial charge is 0.274 e. The average Bonchev–Trinajstić information content (AvgIpc) is 3.30. The van der Waals surface area contributed by atoms with Crippen molar-refractivity contribution in [3.05, 3.63) is 47.5 Å². The Morgan fingerprint density at radius 3 is 2.77 bits per heavy atom. The van der Waals surface area contributed by atoms with E-state index in [9.17, 15) is 4.79 Å². The van der Waals surface area contributed by atoms with Gasteiger partial charge >= 0.3 is 0 Å². The summed E-state index contributed by atoms with van der Waals surface area (Å²) >= 11 is 0. The molecule has 6 heteroatoms. The molecule has 2 fully saturated rings. The van der Waals surface area contributed by atoms with Crippen molar-refractivity contribution in [2.75, 3.05) is 19.6 Å². The summed E-state index contributed by atoms with van der Waals surface area (Å²) in [5.74, 6) is 0.852. The van der Waals surface area contributed by atoms with Crippen LogP contribution in [0.15, 0.2) is 30.6 Å². The van der Waals surface area contributed by atoms with Crippen molar-refractivity contribution in [2.45, 2.75) is 77.3 Å². The Balaban J connectivity index is 1.47. The van der Waals surface area contributed by atoms with E-state index in [2.05, 4.69) is 33.9 Å². The van der Waals surface area contributed by atoms with Gasteiger partial charge in [0.1, 0.15) is 5.69 Å². The fourth-order valence-electron chi connectivity index (χ4n) is 5.17. The van der Waals surface area contributed by atoms with Gasteiger partial charge in [0.2, 0.25) is 0 Å². The minimum absolute atomic E-state index is 0.0155. The quantitative estimate of drug-likeness (QED) is 0.706. The molecule has 2 aliphatic rings. The summed E-state index contributed by atoms with van der Waals surface area (Å²) in [6.07, 6.45) is 12.9. The number of H-pyrrole nitrogens is 1. The van der Waals surface area contributed by atoms with Crippen LogP contribution in [0.1, 0.15) is 86.5 Å². The van der Waals surface area contributed by atoms with E-state index in [1.165, 1.54) is 51.5 Å². The van der Waals surface area contributed by atoms with E-state index in [1.807, 2.05) is 29.3 Å². The minimum Gasteiger partial charge on any atom is -0.333 e. The van der Waals surface area contributed by atoms with E-state index in [0.29, 0.717) is 24.1 Å². The Morgan fingerprint density at radius 1 is 1.23 bits per heavy atom. The zero-order valence-corrected chi connectivity index (χ0v) is 19.1. The van der Waals surface area contributed by atoms with Crippen molar-refractivity contribution < 1.29 is 4.79 Å².